The second-order valence-corrected chi connectivity index (χ2v) is 4.19. The number of hydrogen-bond donors (Lipinski definition) is 3. The van der Waals surface area contributed by atoms with Crippen molar-refractivity contribution in [2.75, 3.05) is 0 Å². The maximum Gasteiger partial charge on any atom is 0.220 e. The topological polar surface area (TPSA) is 101 Å². The highest BCUT2D eigenvalue weighted by atomic mass is 32.1. The van der Waals surface area contributed by atoms with Crippen molar-refractivity contribution >= 4 is 23.5 Å². The minimum Gasteiger partial charge on any atom is -0.389 e. The van der Waals surface area contributed by atoms with Gasteiger partial charge in [-0.15, -0.1) is 11.3 Å². The molecule has 1 aromatic rings. The molecule has 0 aromatic carbocycles. The lowest BCUT2D eigenvalue weighted by atomic mass is 10.1. The number of aldehydes is 1. The molecule has 6 heteroatoms. The fraction of sp³-hybridized carbons (Fsp3) is 0.333. The SMILES string of the molecule is NC(=O)CC(O)C(O)c1ccc(C=O)s1. The molecule has 0 aliphatic rings. The molecular formula is C9H11NO4S. The van der Waals surface area contributed by atoms with E-state index in [2.05, 4.69) is 0 Å². The van der Waals surface area contributed by atoms with Crippen LogP contribution in [0.25, 0.3) is 0 Å². The first-order chi connectivity index (χ1) is 7.04. The van der Waals surface area contributed by atoms with Gasteiger partial charge in [0.15, 0.2) is 6.29 Å². The molecule has 1 amide bonds. The van der Waals surface area contributed by atoms with Crippen LogP contribution in [0.2, 0.25) is 0 Å². The van der Waals surface area contributed by atoms with Gasteiger partial charge in [0.1, 0.15) is 6.10 Å². The summed E-state index contributed by atoms with van der Waals surface area (Å²) in [4.78, 5) is 21.8. The first kappa shape index (κ1) is 11.8. The van der Waals surface area contributed by atoms with Gasteiger partial charge in [-0.2, -0.15) is 0 Å². The van der Waals surface area contributed by atoms with Gasteiger partial charge in [0.25, 0.3) is 0 Å². The van der Waals surface area contributed by atoms with Crippen LogP contribution in [0.3, 0.4) is 0 Å². The van der Waals surface area contributed by atoms with E-state index in [4.69, 9.17) is 5.73 Å². The fourth-order valence-electron chi connectivity index (χ4n) is 1.10. The Labute approximate surface area is 90.1 Å². The Balaban J connectivity index is 2.70. The maximum atomic E-state index is 10.5. The molecule has 0 saturated carbocycles. The van der Waals surface area contributed by atoms with Crippen LogP contribution >= 0.6 is 11.3 Å². The highest BCUT2D eigenvalue weighted by Gasteiger charge is 2.21. The lowest BCUT2D eigenvalue weighted by molar-refractivity contribution is -0.121. The first-order valence-corrected chi connectivity index (χ1v) is 5.05. The molecule has 0 bridgehead atoms. The van der Waals surface area contributed by atoms with Crippen molar-refractivity contribution in [2.45, 2.75) is 18.6 Å². The number of aliphatic hydroxyl groups excluding tert-OH is 2. The number of hydrogen-bond acceptors (Lipinski definition) is 5. The molecule has 1 heterocycles. The minimum absolute atomic E-state index is 0.310. The summed E-state index contributed by atoms with van der Waals surface area (Å²) in [5.41, 5.74) is 4.88. The number of thiophene rings is 1. The molecule has 0 aliphatic heterocycles. The van der Waals surface area contributed by atoms with Crippen molar-refractivity contribution in [2.24, 2.45) is 5.73 Å². The van der Waals surface area contributed by atoms with Gasteiger partial charge in [-0.05, 0) is 12.1 Å². The van der Waals surface area contributed by atoms with Crippen LogP contribution in [-0.2, 0) is 4.79 Å². The molecule has 82 valence electrons. The highest BCUT2D eigenvalue weighted by Crippen LogP contribution is 2.25. The molecule has 1 rings (SSSR count). The van der Waals surface area contributed by atoms with Crippen LogP contribution in [0.15, 0.2) is 12.1 Å². The highest BCUT2D eigenvalue weighted by molar-refractivity contribution is 7.13. The minimum atomic E-state index is -1.24. The average molecular weight is 229 g/mol. The van der Waals surface area contributed by atoms with E-state index in [1.54, 1.807) is 0 Å². The fourth-order valence-corrected chi connectivity index (χ4v) is 1.97. The lowest BCUT2D eigenvalue weighted by Crippen LogP contribution is -2.25. The van der Waals surface area contributed by atoms with Crippen molar-refractivity contribution < 1.29 is 19.8 Å². The predicted octanol–water partition coefficient (Wildman–Crippen LogP) is -0.170. The van der Waals surface area contributed by atoms with Crippen LogP contribution in [0.1, 0.15) is 27.1 Å². The maximum absolute atomic E-state index is 10.5. The van der Waals surface area contributed by atoms with Gasteiger partial charge in [-0.3, -0.25) is 9.59 Å². The van der Waals surface area contributed by atoms with Crippen molar-refractivity contribution in [1.82, 2.24) is 0 Å². The van der Waals surface area contributed by atoms with Gasteiger partial charge in [-0.1, -0.05) is 0 Å². The van der Waals surface area contributed by atoms with E-state index < -0.39 is 18.1 Å². The number of carbonyl (C=O) groups is 2. The van der Waals surface area contributed by atoms with Crippen LogP contribution in [0, 0.1) is 0 Å². The third-order valence-corrected chi connectivity index (χ3v) is 2.91. The zero-order chi connectivity index (χ0) is 11.4. The van der Waals surface area contributed by atoms with Gasteiger partial charge < -0.3 is 15.9 Å². The molecule has 5 nitrogen and oxygen atoms in total. The quantitative estimate of drug-likeness (QED) is 0.610. The van der Waals surface area contributed by atoms with Crippen molar-refractivity contribution in [3.8, 4) is 0 Å². The van der Waals surface area contributed by atoms with Crippen LogP contribution in [0.4, 0.5) is 0 Å². The monoisotopic (exact) mass is 229 g/mol. The van der Waals surface area contributed by atoms with E-state index in [1.165, 1.54) is 12.1 Å². The molecule has 2 atom stereocenters. The summed E-state index contributed by atoms with van der Waals surface area (Å²) in [5, 5.41) is 19.0. The standard InChI is InChI=1S/C9H11NO4S/c10-8(13)3-6(12)9(14)7-2-1-5(4-11)15-7/h1-2,4,6,9,12,14H,3H2,(H2,10,13). The second-order valence-electron chi connectivity index (χ2n) is 3.04. The third-order valence-electron chi connectivity index (χ3n) is 1.83. The van der Waals surface area contributed by atoms with E-state index >= 15 is 0 Å². The van der Waals surface area contributed by atoms with Crippen LogP contribution in [-0.4, -0.2) is 28.5 Å². The van der Waals surface area contributed by atoms with Gasteiger partial charge in [0.05, 0.1) is 17.4 Å². The van der Waals surface area contributed by atoms with E-state index in [0.717, 1.165) is 11.3 Å². The lowest BCUT2D eigenvalue weighted by Gasteiger charge is -2.14. The van der Waals surface area contributed by atoms with Gasteiger partial charge >= 0.3 is 0 Å². The van der Waals surface area contributed by atoms with Crippen LogP contribution in [0.5, 0.6) is 0 Å². The molecule has 4 N–H and O–H groups in total. The molecule has 0 spiro atoms. The van der Waals surface area contributed by atoms with E-state index in [9.17, 15) is 19.8 Å². The Bertz CT molecular complexity index is 363. The number of carbonyl (C=O) groups excluding carboxylic acids is 2. The molecule has 0 radical (unpaired) electrons. The zero-order valence-corrected chi connectivity index (χ0v) is 8.61. The Hall–Kier alpha value is -1.24. The number of rotatable bonds is 5. The van der Waals surface area contributed by atoms with E-state index in [1.807, 2.05) is 0 Å². The summed E-state index contributed by atoms with van der Waals surface area (Å²) < 4.78 is 0. The molecule has 0 fully saturated rings. The Kier molecular flexibility index (Phi) is 3.96. The van der Waals surface area contributed by atoms with Gasteiger partial charge in [0.2, 0.25) is 5.91 Å². The summed E-state index contributed by atoms with van der Waals surface area (Å²) in [6, 6.07) is 3.07. The molecule has 15 heavy (non-hydrogen) atoms. The third kappa shape index (κ3) is 3.12. The van der Waals surface area contributed by atoms with Gasteiger partial charge in [-0.25, -0.2) is 0 Å². The number of nitrogens with two attached hydrogens (primary N) is 1. The smallest absolute Gasteiger partial charge is 0.220 e. The normalized spacial score (nSPS) is 14.5. The summed E-state index contributed by atoms with van der Waals surface area (Å²) in [7, 11) is 0. The zero-order valence-electron chi connectivity index (χ0n) is 7.79. The van der Waals surface area contributed by atoms with E-state index in [-0.39, 0.29) is 6.42 Å². The molecule has 1 aromatic heterocycles. The summed E-state index contributed by atoms with van der Waals surface area (Å²) in [5.74, 6) is -0.686. The molecule has 0 saturated heterocycles. The summed E-state index contributed by atoms with van der Waals surface area (Å²) in [6.07, 6.45) is -2.08. The molecular weight excluding hydrogens is 218 g/mol. The molecule has 0 aliphatic carbocycles. The average Bonchev–Trinajstić information content (AvgIpc) is 2.63. The van der Waals surface area contributed by atoms with Gasteiger partial charge in [0, 0.05) is 4.88 Å². The number of amides is 1. The number of primary amides is 1. The largest absolute Gasteiger partial charge is 0.389 e. The number of aliphatic hydroxyl groups is 2. The van der Waals surface area contributed by atoms with Crippen LogP contribution < -0.4 is 5.73 Å². The predicted molar refractivity (Wildman–Crippen MR) is 54.5 cm³/mol. The first-order valence-electron chi connectivity index (χ1n) is 4.24. The molecule has 2 unspecified atom stereocenters. The summed E-state index contributed by atoms with van der Waals surface area (Å²) in [6.45, 7) is 0. The Morgan fingerprint density at radius 1 is 1.53 bits per heavy atom. The second kappa shape index (κ2) is 5.01. The summed E-state index contributed by atoms with van der Waals surface area (Å²) >= 11 is 1.07. The van der Waals surface area contributed by atoms with Crippen molar-refractivity contribution in [1.29, 1.82) is 0 Å². The van der Waals surface area contributed by atoms with E-state index in [0.29, 0.717) is 16.0 Å². The van der Waals surface area contributed by atoms with Crippen molar-refractivity contribution in [3.05, 3.63) is 21.9 Å². The Morgan fingerprint density at radius 2 is 2.20 bits per heavy atom. The van der Waals surface area contributed by atoms with Crippen molar-refractivity contribution in [3.63, 3.8) is 0 Å². The Morgan fingerprint density at radius 3 is 2.67 bits per heavy atom.